The zero-order chi connectivity index (χ0) is 18.4. The third-order valence-electron chi connectivity index (χ3n) is 3.55. The fourth-order valence-electron chi connectivity index (χ4n) is 2.26. The SMILES string of the molecule is COc1ccc(/C=C(\F)C(=O)c2cc(OC)c(OC)c(OC)c2)cc1. The molecule has 0 aliphatic carbocycles. The Labute approximate surface area is 145 Å². The van der Waals surface area contributed by atoms with Crippen LogP contribution in [0.15, 0.2) is 42.2 Å². The highest BCUT2D eigenvalue weighted by Gasteiger charge is 2.19. The first-order valence-electron chi connectivity index (χ1n) is 7.40. The Morgan fingerprint density at radius 1 is 0.880 bits per heavy atom. The van der Waals surface area contributed by atoms with Gasteiger partial charge in [-0.05, 0) is 35.9 Å². The number of allylic oxidation sites excluding steroid dienone is 1. The molecule has 6 heteroatoms. The predicted molar refractivity (Wildman–Crippen MR) is 92.5 cm³/mol. The van der Waals surface area contributed by atoms with Crippen molar-refractivity contribution in [1.29, 1.82) is 0 Å². The highest BCUT2D eigenvalue weighted by molar-refractivity contribution is 6.10. The number of ether oxygens (including phenoxy) is 4. The third kappa shape index (κ3) is 4.09. The molecule has 0 spiro atoms. The maximum Gasteiger partial charge on any atom is 0.221 e. The summed E-state index contributed by atoms with van der Waals surface area (Å²) in [4.78, 5) is 12.4. The number of Topliss-reactive ketones (excluding diaryl/α,β-unsaturated/α-hetero) is 1. The second kappa shape index (κ2) is 8.19. The number of benzene rings is 2. The van der Waals surface area contributed by atoms with E-state index in [9.17, 15) is 9.18 Å². The van der Waals surface area contributed by atoms with Crippen molar-refractivity contribution in [2.24, 2.45) is 0 Å². The van der Waals surface area contributed by atoms with E-state index >= 15 is 0 Å². The number of carbonyl (C=O) groups excluding carboxylic acids is 1. The molecule has 2 aromatic carbocycles. The number of hydrogen-bond acceptors (Lipinski definition) is 5. The highest BCUT2D eigenvalue weighted by atomic mass is 19.1. The predicted octanol–water partition coefficient (Wildman–Crippen LogP) is 3.91. The number of hydrogen-bond donors (Lipinski definition) is 0. The first-order valence-corrected chi connectivity index (χ1v) is 7.40. The van der Waals surface area contributed by atoms with Crippen LogP contribution in [0, 0.1) is 0 Å². The average Bonchev–Trinajstić information content (AvgIpc) is 2.66. The van der Waals surface area contributed by atoms with E-state index in [0.29, 0.717) is 17.1 Å². The van der Waals surface area contributed by atoms with Crippen LogP contribution in [-0.4, -0.2) is 34.2 Å². The van der Waals surface area contributed by atoms with Crippen LogP contribution in [0.3, 0.4) is 0 Å². The molecule has 25 heavy (non-hydrogen) atoms. The minimum absolute atomic E-state index is 0.0942. The lowest BCUT2D eigenvalue weighted by atomic mass is 10.1. The van der Waals surface area contributed by atoms with E-state index in [4.69, 9.17) is 18.9 Å². The van der Waals surface area contributed by atoms with Crippen molar-refractivity contribution in [2.45, 2.75) is 0 Å². The van der Waals surface area contributed by atoms with E-state index in [1.165, 1.54) is 33.5 Å². The minimum atomic E-state index is -0.903. The van der Waals surface area contributed by atoms with Gasteiger partial charge in [-0.15, -0.1) is 0 Å². The van der Waals surface area contributed by atoms with Gasteiger partial charge in [0.15, 0.2) is 17.3 Å². The molecule has 0 unspecified atom stereocenters. The van der Waals surface area contributed by atoms with Crippen LogP contribution in [-0.2, 0) is 0 Å². The van der Waals surface area contributed by atoms with E-state index in [1.54, 1.807) is 31.4 Å². The van der Waals surface area contributed by atoms with Crippen molar-refractivity contribution < 1.29 is 28.1 Å². The quantitative estimate of drug-likeness (QED) is 0.562. The fraction of sp³-hybridized carbons (Fsp3) is 0.211. The second-order valence-corrected chi connectivity index (χ2v) is 5.01. The van der Waals surface area contributed by atoms with E-state index < -0.39 is 11.6 Å². The molecule has 0 heterocycles. The van der Waals surface area contributed by atoms with Gasteiger partial charge in [0.2, 0.25) is 11.5 Å². The first-order chi connectivity index (χ1) is 12.0. The zero-order valence-corrected chi connectivity index (χ0v) is 14.5. The van der Waals surface area contributed by atoms with Gasteiger partial charge in [-0.25, -0.2) is 4.39 Å². The van der Waals surface area contributed by atoms with Gasteiger partial charge in [0, 0.05) is 5.56 Å². The molecule has 0 saturated carbocycles. The maximum atomic E-state index is 14.4. The Morgan fingerprint density at radius 3 is 1.88 bits per heavy atom. The Morgan fingerprint density at radius 2 is 1.44 bits per heavy atom. The zero-order valence-electron chi connectivity index (χ0n) is 14.5. The van der Waals surface area contributed by atoms with Crippen molar-refractivity contribution in [1.82, 2.24) is 0 Å². The summed E-state index contributed by atoms with van der Waals surface area (Å²) in [5, 5.41) is 0. The molecule has 0 aliphatic heterocycles. The van der Waals surface area contributed by atoms with Gasteiger partial charge in [0.25, 0.3) is 0 Å². The molecule has 0 radical (unpaired) electrons. The molecule has 0 saturated heterocycles. The molecule has 0 amide bonds. The van der Waals surface area contributed by atoms with Gasteiger partial charge >= 0.3 is 0 Å². The molecule has 0 N–H and O–H groups in total. The summed E-state index contributed by atoms with van der Waals surface area (Å²) in [5.41, 5.74) is 0.635. The van der Waals surface area contributed by atoms with Crippen molar-refractivity contribution in [2.75, 3.05) is 28.4 Å². The topological polar surface area (TPSA) is 54.0 Å². The smallest absolute Gasteiger partial charge is 0.221 e. The van der Waals surface area contributed by atoms with Crippen molar-refractivity contribution in [3.8, 4) is 23.0 Å². The van der Waals surface area contributed by atoms with Crippen LogP contribution in [0.2, 0.25) is 0 Å². The summed E-state index contributed by atoms with van der Waals surface area (Å²) < 4.78 is 35.0. The maximum absolute atomic E-state index is 14.4. The van der Waals surface area contributed by atoms with Crippen LogP contribution in [0.5, 0.6) is 23.0 Å². The molecule has 2 rings (SSSR count). The van der Waals surface area contributed by atoms with E-state index in [0.717, 1.165) is 6.08 Å². The van der Waals surface area contributed by atoms with Crippen LogP contribution >= 0.6 is 0 Å². The minimum Gasteiger partial charge on any atom is -0.497 e. The Bertz CT molecular complexity index is 756. The number of ketones is 1. The largest absolute Gasteiger partial charge is 0.497 e. The van der Waals surface area contributed by atoms with Crippen molar-refractivity contribution in [3.05, 3.63) is 53.4 Å². The van der Waals surface area contributed by atoms with Crippen LogP contribution in [0.4, 0.5) is 4.39 Å². The number of halogens is 1. The molecule has 0 aromatic heterocycles. The summed E-state index contributed by atoms with van der Waals surface area (Å²) in [6, 6.07) is 9.49. The molecule has 2 aromatic rings. The lowest BCUT2D eigenvalue weighted by molar-refractivity contribution is 0.101. The van der Waals surface area contributed by atoms with Gasteiger partial charge in [-0.2, -0.15) is 0 Å². The first kappa shape index (κ1) is 18.3. The van der Waals surface area contributed by atoms with Crippen molar-refractivity contribution in [3.63, 3.8) is 0 Å². The number of carbonyl (C=O) groups is 1. The normalized spacial score (nSPS) is 11.0. The molecule has 0 aliphatic rings. The van der Waals surface area contributed by atoms with E-state index in [-0.39, 0.29) is 17.1 Å². The standard InChI is InChI=1S/C19H19FO5/c1-22-14-7-5-12(6-8-14)9-15(20)18(21)13-10-16(23-2)19(25-4)17(11-13)24-3/h5-11H,1-4H3/b15-9-. The monoisotopic (exact) mass is 346 g/mol. The van der Waals surface area contributed by atoms with Gasteiger partial charge in [-0.3, -0.25) is 4.79 Å². The molecule has 132 valence electrons. The summed E-state index contributed by atoms with van der Waals surface area (Å²) in [7, 11) is 5.84. The van der Waals surface area contributed by atoms with E-state index in [1.807, 2.05) is 0 Å². The Kier molecular flexibility index (Phi) is 6.00. The van der Waals surface area contributed by atoms with E-state index in [2.05, 4.69) is 0 Å². The number of rotatable bonds is 7. The van der Waals surface area contributed by atoms with Crippen LogP contribution in [0.1, 0.15) is 15.9 Å². The summed E-state index contributed by atoms with van der Waals surface area (Å²) in [6.45, 7) is 0. The molecular formula is C19H19FO5. The Balaban J connectivity index is 2.36. The van der Waals surface area contributed by atoms with Crippen LogP contribution in [0.25, 0.3) is 6.08 Å². The van der Waals surface area contributed by atoms with Gasteiger partial charge in [0.1, 0.15) is 5.75 Å². The summed E-state index contributed by atoms with van der Waals surface area (Å²) >= 11 is 0. The lowest BCUT2D eigenvalue weighted by Crippen LogP contribution is -2.03. The number of methoxy groups -OCH3 is 4. The molecular weight excluding hydrogens is 327 g/mol. The van der Waals surface area contributed by atoms with Crippen molar-refractivity contribution >= 4 is 11.9 Å². The Hall–Kier alpha value is -3.02. The fourth-order valence-corrected chi connectivity index (χ4v) is 2.26. The lowest BCUT2D eigenvalue weighted by Gasteiger charge is -2.13. The second-order valence-electron chi connectivity index (χ2n) is 5.01. The highest BCUT2D eigenvalue weighted by Crippen LogP contribution is 2.38. The van der Waals surface area contributed by atoms with Gasteiger partial charge < -0.3 is 18.9 Å². The van der Waals surface area contributed by atoms with Gasteiger partial charge in [-0.1, -0.05) is 12.1 Å². The summed E-state index contributed by atoms with van der Waals surface area (Å²) in [6.07, 6.45) is 1.16. The average molecular weight is 346 g/mol. The molecule has 0 atom stereocenters. The molecule has 0 fully saturated rings. The van der Waals surface area contributed by atoms with Gasteiger partial charge in [0.05, 0.1) is 28.4 Å². The summed E-state index contributed by atoms with van der Waals surface area (Å²) in [5.74, 6) is -0.144. The molecule has 5 nitrogen and oxygen atoms in total. The molecule has 0 bridgehead atoms. The van der Waals surface area contributed by atoms with Crippen LogP contribution < -0.4 is 18.9 Å². The third-order valence-corrected chi connectivity index (χ3v) is 3.55.